The summed E-state index contributed by atoms with van der Waals surface area (Å²) >= 11 is 3.46. The molecule has 0 heterocycles. The minimum Gasteiger partial charge on any atom is -0.478 e. The van der Waals surface area contributed by atoms with Crippen LogP contribution in [0.1, 0.15) is 38.2 Å². The highest BCUT2D eigenvalue weighted by atomic mass is 79.9. The number of benzene rings is 1. The zero-order valence-electron chi connectivity index (χ0n) is 12.6. The van der Waals surface area contributed by atoms with Gasteiger partial charge in [-0.15, -0.1) is 0 Å². The standard InChI is InChI=1S/C17H22BrNO2/c1-12-5-3-4-6-15(12)19(2)16-9-8-14(18)11-13(16)7-10-17(20)21/h7-12,15H,3-6H2,1-2H3,(H,20,21)/b10-7+. The number of carboxylic acid groups (broad SMARTS) is 1. The Morgan fingerprint density at radius 1 is 1.38 bits per heavy atom. The zero-order valence-corrected chi connectivity index (χ0v) is 14.1. The topological polar surface area (TPSA) is 40.5 Å². The van der Waals surface area contributed by atoms with Gasteiger partial charge in [-0.3, -0.25) is 0 Å². The van der Waals surface area contributed by atoms with Gasteiger partial charge in [-0.2, -0.15) is 0 Å². The lowest BCUT2D eigenvalue weighted by Crippen LogP contribution is -2.39. The number of rotatable bonds is 4. The van der Waals surface area contributed by atoms with Gasteiger partial charge < -0.3 is 10.0 Å². The summed E-state index contributed by atoms with van der Waals surface area (Å²) in [7, 11) is 2.12. The molecule has 2 unspecified atom stereocenters. The summed E-state index contributed by atoms with van der Waals surface area (Å²) < 4.78 is 0.960. The van der Waals surface area contributed by atoms with Crippen LogP contribution in [0.2, 0.25) is 0 Å². The molecule has 3 nitrogen and oxygen atoms in total. The van der Waals surface area contributed by atoms with E-state index in [-0.39, 0.29) is 0 Å². The molecule has 1 aromatic carbocycles. The summed E-state index contributed by atoms with van der Waals surface area (Å²) in [6.07, 6.45) is 7.94. The Bertz CT molecular complexity index is 542. The molecule has 0 amide bonds. The van der Waals surface area contributed by atoms with Crippen molar-refractivity contribution in [3.05, 3.63) is 34.3 Å². The van der Waals surface area contributed by atoms with Crippen LogP contribution in [-0.4, -0.2) is 24.2 Å². The molecule has 1 aliphatic carbocycles. The van der Waals surface area contributed by atoms with Crippen molar-refractivity contribution in [2.45, 2.75) is 38.6 Å². The highest BCUT2D eigenvalue weighted by Gasteiger charge is 2.26. The number of hydrogen-bond donors (Lipinski definition) is 1. The van der Waals surface area contributed by atoms with E-state index in [4.69, 9.17) is 5.11 Å². The maximum absolute atomic E-state index is 10.8. The molecule has 114 valence electrons. The molecule has 1 aromatic rings. The predicted octanol–water partition coefficient (Wildman–Crippen LogP) is 4.56. The van der Waals surface area contributed by atoms with Crippen LogP contribution in [-0.2, 0) is 4.79 Å². The predicted molar refractivity (Wildman–Crippen MR) is 90.6 cm³/mol. The zero-order chi connectivity index (χ0) is 15.4. The minimum atomic E-state index is -0.922. The van der Waals surface area contributed by atoms with Crippen molar-refractivity contribution in [3.8, 4) is 0 Å². The van der Waals surface area contributed by atoms with Crippen LogP contribution in [0.15, 0.2) is 28.7 Å². The summed E-state index contributed by atoms with van der Waals surface area (Å²) in [5, 5.41) is 8.85. The van der Waals surface area contributed by atoms with Crippen molar-refractivity contribution in [2.24, 2.45) is 5.92 Å². The summed E-state index contributed by atoms with van der Waals surface area (Å²) in [6, 6.07) is 6.57. The fourth-order valence-corrected chi connectivity index (χ4v) is 3.57. The molecule has 0 spiro atoms. The quantitative estimate of drug-likeness (QED) is 0.808. The molecule has 0 radical (unpaired) electrons. The normalized spacial score (nSPS) is 22.4. The third-order valence-electron chi connectivity index (χ3n) is 4.34. The lowest BCUT2D eigenvalue weighted by Gasteiger charge is -2.38. The third-order valence-corrected chi connectivity index (χ3v) is 4.83. The Morgan fingerprint density at radius 3 is 2.76 bits per heavy atom. The van der Waals surface area contributed by atoms with E-state index >= 15 is 0 Å². The van der Waals surface area contributed by atoms with E-state index in [2.05, 4.69) is 40.9 Å². The maximum Gasteiger partial charge on any atom is 0.328 e. The number of anilines is 1. The molecule has 21 heavy (non-hydrogen) atoms. The summed E-state index contributed by atoms with van der Waals surface area (Å²) in [5.41, 5.74) is 2.03. The van der Waals surface area contributed by atoms with E-state index in [0.29, 0.717) is 12.0 Å². The van der Waals surface area contributed by atoms with Crippen LogP contribution in [0.3, 0.4) is 0 Å². The van der Waals surface area contributed by atoms with Crippen molar-refractivity contribution >= 4 is 33.7 Å². The highest BCUT2D eigenvalue weighted by Crippen LogP contribution is 2.33. The van der Waals surface area contributed by atoms with E-state index in [9.17, 15) is 4.79 Å². The molecular formula is C17H22BrNO2. The number of aliphatic carboxylic acids is 1. The number of halogens is 1. The number of carbonyl (C=O) groups is 1. The average Bonchev–Trinajstić information content (AvgIpc) is 2.45. The van der Waals surface area contributed by atoms with E-state index in [1.807, 2.05) is 12.1 Å². The molecule has 0 bridgehead atoms. The van der Waals surface area contributed by atoms with Crippen molar-refractivity contribution in [1.29, 1.82) is 0 Å². The van der Waals surface area contributed by atoms with Gasteiger partial charge in [-0.05, 0) is 48.6 Å². The Hall–Kier alpha value is -1.29. The van der Waals surface area contributed by atoms with Gasteiger partial charge in [0.2, 0.25) is 0 Å². The molecule has 1 N–H and O–H groups in total. The van der Waals surface area contributed by atoms with Crippen molar-refractivity contribution < 1.29 is 9.90 Å². The van der Waals surface area contributed by atoms with E-state index in [1.165, 1.54) is 31.8 Å². The summed E-state index contributed by atoms with van der Waals surface area (Å²) in [4.78, 5) is 13.1. The van der Waals surface area contributed by atoms with Crippen LogP contribution in [0.25, 0.3) is 6.08 Å². The van der Waals surface area contributed by atoms with Gasteiger partial charge in [-0.1, -0.05) is 35.7 Å². The second kappa shape index (κ2) is 7.12. The third kappa shape index (κ3) is 4.10. The first-order valence-electron chi connectivity index (χ1n) is 7.42. The number of hydrogen-bond acceptors (Lipinski definition) is 2. The summed E-state index contributed by atoms with van der Waals surface area (Å²) in [6.45, 7) is 2.31. The average molecular weight is 352 g/mol. The molecular weight excluding hydrogens is 330 g/mol. The van der Waals surface area contributed by atoms with Gasteiger partial charge in [0.05, 0.1) is 0 Å². The van der Waals surface area contributed by atoms with Crippen LogP contribution in [0.5, 0.6) is 0 Å². The first-order valence-corrected chi connectivity index (χ1v) is 8.21. The molecule has 2 rings (SSSR count). The van der Waals surface area contributed by atoms with E-state index < -0.39 is 5.97 Å². The monoisotopic (exact) mass is 351 g/mol. The van der Waals surface area contributed by atoms with Crippen LogP contribution in [0, 0.1) is 5.92 Å². The minimum absolute atomic E-state index is 0.525. The lowest BCUT2D eigenvalue weighted by atomic mass is 9.84. The van der Waals surface area contributed by atoms with Crippen molar-refractivity contribution in [2.75, 3.05) is 11.9 Å². The Kier molecular flexibility index (Phi) is 5.45. The van der Waals surface area contributed by atoms with E-state index in [0.717, 1.165) is 15.7 Å². The highest BCUT2D eigenvalue weighted by molar-refractivity contribution is 9.10. The van der Waals surface area contributed by atoms with Gasteiger partial charge in [0, 0.05) is 29.3 Å². The first kappa shape index (κ1) is 16.1. The smallest absolute Gasteiger partial charge is 0.328 e. The van der Waals surface area contributed by atoms with Crippen molar-refractivity contribution in [3.63, 3.8) is 0 Å². The molecule has 0 saturated heterocycles. The van der Waals surface area contributed by atoms with Gasteiger partial charge >= 0.3 is 5.97 Å². The molecule has 1 fully saturated rings. The Labute approximate surface area is 134 Å². The van der Waals surface area contributed by atoms with Crippen LogP contribution in [0.4, 0.5) is 5.69 Å². The molecule has 1 saturated carbocycles. The molecule has 2 atom stereocenters. The maximum atomic E-state index is 10.8. The fraction of sp³-hybridized carbons (Fsp3) is 0.471. The molecule has 4 heteroatoms. The van der Waals surface area contributed by atoms with Gasteiger partial charge in [-0.25, -0.2) is 4.79 Å². The molecule has 1 aliphatic rings. The van der Waals surface area contributed by atoms with Gasteiger partial charge in [0.15, 0.2) is 0 Å². The fourth-order valence-electron chi connectivity index (χ4n) is 3.19. The SMILES string of the molecule is CC1CCCCC1N(C)c1ccc(Br)cc1/C=C/C(=O)O. The number of carboxylic acids is 1. The molecule has 0 aromatic heterocycles. The number of nitrogens with zero attached hydrogens (tertiary/aromatic N) is 1. The Morgan fingerprint density at radius 2 is 2.10 bits per heavy atom. The lowest BCUT2D eigenvalue weighted by molar-refractivity contribution is -0.131. The van der Waals surface area contributed by atoms with Crippen LogP contribution >= 0.6 is 15.9 Å². The first-order chi connectivity index (χ1) is 9.99. The second-order valence-corrected chi connectivity index (χ2v) is 6.73. The second-order valence-electron chi connectivity index (χ2n) is 5.81. The van der Waals surface area contributed by atoms with Gasteiger partial charge in [0.1, 0.15) is 0 Å². The van der Waals surface area contributed by atoms with Gasteiger partial charge in [0.25, 0.3) is 0 Å². The van der Waals surface area contributed by atoms with Crippen LogP contribution < -0.4 is 4.90 Å². The largest absolute Gasteiger partial charge is 0.478 e. The van der Waals surface area contributed by atoms with E-state index in [1.54, 1.807) is 6.08 Å². The van der Waals surface area contributed by atoms with Crippen molar-refractivity contribution in [1.82, 2.24) is 0 Å². The summed E-state index contributed by atoms with van der Waals surface area (Å²) in [5.74, 6) is -0.252. The Balaban J connectivity index is 2.31. The molecule has 0 aliphatic heterocycles.